The minimum absolute atomic E-state index is 0.103. The van der Waals surface area contributed by atoms with Crippen molar-refractivity contribution in [2.45, 2.75) is 4.90 Å². The molecule has 122 valence electrons. The van der Waals surface area contributed by atoms with Gasteiger partial charge >= 0.3 is 0 Å². The molecular formula is C14H19FN2O4S. The summed E-state index contributed by atoms with van der Waals surface area (Å²) in [6, 6.07) is 5.02. The highest BCUT2D eigenvalue weighted by Gasteiger charge is 2.28. The van der Waals surface area contributed by atoms with Gasteiger partial charge in [0.25, 0.3) is 0 Å². The van der Waals surface area contributed by atoms with Gasteiger partial charge in [-0.1, -0.05) is 18.2 Å². The Bertz CT molecular complexity index is 619. The Labute approximate surface area is 129 Å². The van der Waals surface area contributed by atoms with Crippen LogP contribution in [0.5, 0.6) is 0 Å². The maximum absolute atomic E-state index is 13.7. The zero-order chi connectivity index (χ0) is 16.6. The molecule has 0 bridgehead atoms. The summed E-state index contributed by atoms with van der Waals surface area (Å²) in [5.74, 6) is -1.37. The number of amides is 1. The van der Waals surface area contributed by atoms with Crippen LogP contribution in [0, 0.1) is 5.82 Å². The molecule has 0 fully saturated rings. The zero-order valence-corrected chi connectivity index (χ0v) is 13.1. The fourth-order valence-corrected chi connectivity index (χ4v) is 3.13. The molecule has 0 radical (unpaired) electrons. The summed E-state index contributed by atoms with van der Waals surface area (Å²) < 4.78 is 44.3. The first-order chi connectivity index (χ1) is 10.4. The van der Waals surface area contributed by atoms with Crippen molar-refractivity contribution in [3.8, 4) is 0 Å². The van der Waals surface area contributed by atoms with Crippen molar-refractivity contribution >= 4 is 15.9 Å². The van der Waals surface area contributed by atoms with Gasteiger partial charge in [-0.2, -0.15) is 4.31 Å². The van der Waals surface area contributed by atoms with E-state index in [9.17, 15) is 17.6 Å². The molecule has 6 nitrogen and oxygen atoms in total. The van der Waals surface area contributed by atoms with Gasteiger partial charge in [0.1, 0.15) is 10.7 Å². The number of methoxy groups -OCH3 is 1. The normalized spacial score (nSPS) is 11.4. The monoisotopic (exact) mass is 330 g/mol. The lowest BCUT2D eigenvalue weighted by molar-refractivity contribution is -0.121. The zero-order valence-electron chi connectivity index (χ0n) is 12.3. The SMILES string of the molecule is C=CCN(CC(=O)NCCOC)S(=O)(=O)c1ccccc1F. The molecule has 1 aromatic carbocycles. The third-order valence-electron chi connectivity index (χ3n) is 2.74. The van der Waals surface area contributed by atoms with Gasteiger partial charge in [-0.25, -0.2) is 12.8 Å². The third kappa shape index (κ3) is 4.90. The van der Waals surface area contributed by atoms with Crippen LogP contribution < -0.4 is 5.32 Å². The number of sulfonamides is 1. The number of carbonyl (C=O) groups is 1. The Morgan fingerprint density at radius 2 is 2.14 bits per heavy atom. The number of ether oxygens (including phenoxy) is 1. The Kier molecular flexibility index (Phi) is 7.16. The van der Waals surface area contributed by atoms with E-state index >= 15 is 0 Å². The standard InChI is InChI=1S/C14H19FN2O4S/c1-3-9-17(11-14(18)16-8-10-21-2)22(19,20)13-7-5-4-6-12(13)15/h3-7H,1,8-11H2,2H3,(H,16,18). The van der Waals surface area contributed by atoms with Crippen LogP contribution in [-0.4, -0.2) is 52.0 Å². The lowest BCUT2D eigenvalue weighted by atomic mass is 10.4. The first-order valence-corrected chi connectivity index (χ1v) is 7.98. The van der Waals surface area contributed by atoms with Gasteiger partial charge in [-0.3, -0.25) is 4.79 Å². The number of nitrogens with one attached hydrogen (secondary N) is 1. The van der Waals surface area contributed by atoms with Crippen LogP contribution in [-0.2, 0) is 19.6 Å². The number of hydrogen-bond donors (Lipinski definition) is 1. The molecule has 0 unspecified atom stereocenters. The molecule has 1 aromatic rings. The predicted octanol–water partition coefficient (Wildman–Crippen LogP) is 0.765. The summed E-state index contributed by atoms with van der Waals surface area (Å²) in [7, 11) is -2.64. The van der Waals surface area contributed by atoms with Crippen molar-refractivity contribution in [2.75, 3.05) is 33.4 Å². The summed E-state index contributed by atoms with van der Waals surface area (Å²) in [5.41, 5.74) is 0. The van der Waals surface area contributed by atoms with Gasteiger partial charge < -0.3 is 10.1 Å². The van der Waals surface area contributed by atoms with Crippen molar-refractivity contribution in [3.05, 3.63) is 42.7 Å². The minimum atomic E-state index is -4.12. The number of halogens is 1. The predicted molar refractivity (Wildman–Crippen MR) is 80.2 cm³/mol. The number of carbonyl (C=O) groups excluding carboxylic acids is 1. The van der Waals surface area contributed by atoms with E-state index in [1.807, 2.05) is 0 Å². The summed E-state index contributed by atoms with van der Waals surface area (Å²) in [6.45, 7) is 3.51. The van der Waals surface area contributed by atoms with E-state index in [0.717, 1.165) is 16.4 Å². The largest absolute Gasteiger partial charge is 0.383 e. The topological polar surface area (TPSA) is 75.7 Å². The van der Waals surface area contributed by atoms with E-state index in [1.165, 1.54) is 25.3 Å². The average molecular weight is 330 g/mol. The second kappa shape index (κ2) is 8.62. The van der Waals surface area contributed by atoms with Crippen molar-refractivity contribution < 1.29 is 22.3 Å². The first kappa shape index (κ1) is 18.3. The molecule has 0 heterocycles. The highest BCUT2D eigenvalue weighted by Crippen LogP contribution is 2.18. The van der Waals surface area contributed by atoms with Crippen molar-refractivity contribution in [3.63, 3.8) is 0 Å². The van der Waals surface area contributed by atoms with Gasteiger partial charge in [-0.15, -0.1) is 6.58 Å². The van der Waals surface area contributed by atoms with E-state index in [4.69, 9.17) is 4.74 Å². The Balaban J connectivity index is 2.92. The van der Waals surface area contributed by atoms with Crippen molar-refractivity contribution in [1.82, 2.24) is 9.62 Å². The molecule has 0 atom stereocenters. The van der Waals surface area contributed by atoms with Crippen molar-refractivity contribution in [2.24, 2.45) is 0 Å². The number of rotatable bonds is 9. The minimum Gasteiger partial charge on any atom is -0.383 e. The summed E-state index contributed by atoms with van der Waals surface area (Å²) in [6.07, 6.45) is 1.33. The molecule has 1 rings (SSSR count). The summed E-state index contributed by atoms with van der Waals surface area (Å²) in [5, 5.41) is 2.51. The Morgan fingerprint density at radius 3 is 2.73 bits per heavy atom. The molecule has 8 heteroatoms. The smallest absolute Gasteiger partial charge is 0.246 e. The lowest BCUT2D eigenvalue weighted by Gasteiger charge is -2.20. The Morgan fingerprint density at radius 1 is 1.45 bits per heavy atom. The van der Waals surface area contributed by atoms with E-state index in [1.54, 1.807) is 0 Å². The number of hydrogen-bond acceptors (Lipinski definition) is 4. The van der Waals surface area contributed by atoms with E-state index in [2.05, 4.69) is 11.9 Å². The van der Waals surface area contributed by atoms with Gasteiger partial charge in [0.15, 0.2) is 0 Å². The van der Waals surface area contributed by atoms with Crippen LogP contribution in [0.1, 0.15) is 0 Å². The second-order valence-corrected chi connectivity index (χ2v) is 6.27. The quantitative estimate of drug-likeness (QED) is 0.536. The Hall–Kier alpha value is -1.77. The van der Waals surface area contributed by atoms with Crippen LogP contribution in [0.25, 0.3) is 0 Å². The van der Waals surface area contributed by atoms with E-state index < -0.39 is 33.2 Å². The molecule has 0 spiro atoms. The molecule has 22 heavy (non-hydrogen) atoms. The van der Waals surface area contributed by atoms with Crippen LogP contribution in [0.3, 0.4) is 0 Å². The molecule has 0 aromatic heterocycles. The highest BCUT2D eigenvalue weighted by atomic mass is 32.2. The van der Waals surface area contributed by atoms with Crippen LogP contribution in [0.2, 0.25) is 0 Å². The summed E-state index contributed by atoms with van der Waals surface area (Å²) in [4.78, 5) is 11.3. The average Bonchev–Trinajstić information content (AvgIpc) is 2.47. The van der Waals surface area contributed by atoms with E-state index in [-0.39, 0.29) is 13.1 Å². The molecule has 0 saturated carbocycles. The number of benzene rings is 1. The molecular weight excluding hydrogens is 311 g/mol. The maximum Gasteiger partial charge on any atom is 0.246 e. The van der Waals surface area contributed by atoms with Crippen LogP contribution in [0.4, 0.5) is 4.39 Å². The summed E-state index contributed by atoms with van der Waals surface area (Å²) >= 11 is 0. The molecule has 0 aliphatic heterocycles. The van der Waals surface area contributed by atoms with Crippen LogP contribution >= 0.6 is 0 Å². The fraction of sp³-hybridized carbons (Fsp3) is 0.357. The van der Waals surface area contributed by atoms with Crippen LogP contribution in [0.15, 0.2) is 41.8 Å². The van der Waals surface area contributed by atoms with E-state index in [0.29, 0.717) is 6.61 Å². The van der Waals surface area contributed by atoms with Crippen molar-refractivity contribution in [1.29, 1.82) is 0 Å². The molecule has 1 amide bonds. The molecule has 0 aliphatic carbocycles. The van der Waals surface area contributed by atoms with Gasteiger partial charge in [0, 0.05) is 20.2 Å². The third-order valence-corrected chi connectivity index (χ3v) is 4.58. The molecule has 1 N–H and O–H groups in total. The number of nitrogens with zero attached hydrogens (tertiary/aromatic N) is 1. The maximum atomic E-state index is 13.7. The van der Waals surface area contributed by atoms with Gasteiger partial charge in [0.2, 0.25) is 15.9 Å². The lowest BCUT2D eigenvalue weighted by Crippen LogP contribution is -2.41. The molecule has 0 saturated heterocycles. The van der Waals surface area contributed by atoms with Gasteiger partial charge in [-0.05, 0) is 12.1 Å². The fourth-order valence-electron chi connectivity index (χ4n) is 1.69. The first-order valence-electron chi connectivity index (χ1n) is 6.54. The van der Waals surface area contributed by atoms with Gasteiger partial charge in [0.05, 0.1) is 13.2 Å². The second-order valence-electron chi connectivity index (χ2n) is 4.36. The highest BCUT2D eigenvalue weighted by molar-refractivity contribution is 7.89. The molecule has 0 aliphatic rings.